The van der Waals surface area contributed by atoms with Crippen LogP contribution >= 0.6 is 0 Å². The molecular weight excluding hydrogens is 390 g/mol. The van der Waals surface area contributed by atoms with Gasteiger partial charge in [0.25, 0.3) is 0 Å². The summed E-state index contributed by atoms with van der Waals surface area (Å²) < 4.78 is 41.5. The molecule has 1 atom stereocenters. The topological polar surface area (TPSA) is 72.8 Å². The van der Waals surface area contributed by atoms with Crippen molar-refractivity contribution in [2.24, 2.45) is 7.05 Å². The van der Waals surface area contributed by atoms with Gasteiger partial charge in [-0.1, -0.05) is 12.8 Å². The van der Waals surface area contributed by atoms with Crippen molar-refractivity contribution in [1.29, 1.82) is 0 Å². The minimum absolute atomic E-state index is 0.0212. The van der Waals surface area contributed by atoms with Gasteiger partial charge in [-0.2, -0.15) is 0 Å². The van der Waals surface area contributed by atoms with Crippen molar-refractivity contribution in [1.82, 2.24) is 14.2 Å². The highest BCUT2D eigenvalue weighted by Crippen LogP contribution is 2.29. The molecule has 1 aromatic carbocycles. The largest absolute Gasteiger partial charge is 0.497 e. The van der Waals surface area contributed by atoms with Crippen LogP contribution in [-0.2, 0) is 17.1 Å². The average molecular weight is 422 g/mol. The fraction of sp³-hybridized carbons (Fsp3) is 0.524. The second-order valence-electron chi connectivity index (χ2n) is 7.38. The Morgan fingerprint density at radius 3 is 2.38 bits per heavy atom. The number of nitrogens with zero attached hydrogens (tertiary/aromatic N) is 2. The summed E-state index contributed by atoms with van der Waals surface area (Å²) in [5, 5.41) is 0. The summed E-state index contributed by atoms with van der Waals surface area (Å²) in [4.78, 5) is 2.51. The molecule has 0 saturated carbocycles. The first-order valence-corrected chi connectivity index (χ1v) is 11.5. The maximum Gasteiger partial charge on any atom is 0.244 e. The van der Waals surface area contributed by atoms with Crippen LogP contribution < -0.4 is 14.2 Å². The van der Waals surface area contributed by atoms with Gasteiger partial charge in [-0.15, -0.1) is 0 Å². The number of sulfonamides is 1. The molecule has 7 nitrogen and oxygen atoms in total. The first-order valence-electron chi connectivity index (χ1n) is 10.0. The van der Waals surface area contributed by atoms with Crippen LogP contribution in [-0.4, -0.2) is 51.7 Å². The number of methoxy groups -OCH3 is 2. The van der Waals surface area contributed by atoms with Gasteiger partial charge in [0.1, 0.15) is 16.4 Å². The Bertz CT molecular complexity index is 902. The van der Waals surface area contributed by atoms with Crippen molar-refractivity contribution >= 4 is 10.0 Å². The van der Waals surface area contributed by atoms with Crippen molar-refractivity contribution in [2.75, 3.05) is 33.9 Å². The van der Waals surface area contributed by atoms with Crippen LogP contribution in [0.25, 0.3) is 0 Å². The number of benzene rings is 1. The molecule has 0 spiro atoms. The maximum atomic E-state index is 13.1. The maximum absolute atomic E-state index is 13.1. The molecule has 1 unspecified atom stereocenters. The highest BCUT2D eigenvalue weighted by molar-refractivity contribution is 7.89. The molecule has 0 bridgehead atoms. The number of nitrogens with one attached hydrogen (secondary N) is 1. The van der Waals surface area contributed by atoms with Crippen LogP contribution in [0.1, 0.15) is 37.4 Å². The molecule has 1 aliphatic rings. The average Bonchev–Trinajstić information content (AvgIpc) is 2.97. The summed E-state index contributed by atoms with van der Waals surface area (Å²) in [6, 6.07) is 8.77. The second-order valence-corrected chi connectivity index (χ2v) is 9.11. The summed E-state index contributed by atoms with van der Waals surface area (Å²) in [6.45, 7) is 2.25. The third kappa shape index (κ3) is 5.12. The standard InChI is InChI=1S/C21H31N3O4S/c1-23-12-8-9-18(23)19(24-13-6-4-5-7-14-24)16-22-29(25,26)21-11-10-17(27-2)15-20(21)28-3/h8-12,15,19,22H,4-7,13-14,16H2,1-3H3. The van der Waals surface area contributed by atoms with E-state index in [1.165, 1.54) is 33.1 Å². The van der Waals surface area contributed by atoms with Gasteiger partial charge in [0.05, 0.1) is 20.3 Å². The molecule has 1 aliphatic heterocycles. The van der Waals surface area contributed by atoms with Gasteiger partial charge in [0, 0.05) is 31.5 Å². The third-order valence-electron chi connectivity index (χ3n) is 5.53. The van der Waals surface area contributed by atoms with Gasteiger partial charge in [0.2, 0.25) is 10.0 Å². The number of ether oxygens (including phenoxy) is 2. The highest BCUT2D eigenvalue weighted by Gasteiger charge is 2.27. The first-order chi connectivity index (χ1) is 14.0. The molecule has 2 heterocycles. The molecule has 160 valence electrons. The van der Waals surface area contributed by atoms with Crippen molar-refractivity contribution < 1.29 is 17.9 Å². The second kappa shape index (κ2) is 9.65. The molecule has 8 heteroatoms. The van der Waals surface area contributed by atoms with Gasteiger partial charge in [0.15, 0.2) is 0 Å². The van der Waals surface area contributed by atoms with E-state index in [2.05, 4.69) is 20.3 Å². The number of aryl methyl sites for hydroxylation is 1. The summed E-state index contributed by atoms with van der Waals surface area (Å²) in [6.07, 6.45) is 6.73. The lowest BCUT2D eigenvalue weighted by Gasteiger charge is -2.31. The normalized spacial score (nSPS) is 16.9. The molecule has 0 amide bonds. The van der Waals surface area contributed by atoms with Gasteiger partial charge >= 0.3 is 0 Å². The molecule has 0 aliphatic carbocycles. The zero-order chi connectivity index (χ0) is 20.9. The number of aromatic nitrogens is 1. The number of hydrogen-bond acceptors (Lipinski definition) is 5. The molecule has 2 aromatic rings. The SMILES string of the molecule is COc1ccc(S(=O)(=O)NCC(c2cccn2C)N2CCCCCC2)c(OC)c1. The summed E-state index contributed by atoms with van der Waals surface area (Å²) in [5.74, 6) is 0.814. The predicted molar refractivity (Wildman–Crippen MR) is 113 cm³/mol. The van der Waals surface area contributed by atoms with Crippen LogP contribution in [0, 0.1) is 0 Å². The molecule has 0 radical (unpaired) electrons. The molecule has 29 heavy (non-hydrogen) atoms. The van der Waals surface area contributed by atoms with Crippen molar-refractivity contribution in [2.45, 2.75) is 36.6 Å². The van der Waals surface area contributed by atoms with Crippen molar-refractivity contribution in [3.8, 4) is 11.5 Å². The first kappa shape index (κ1) is 21.7. The Hall–Kier alpha value is -2.03. The summed E-state index contributed by atoms with van der Waals surface area (Å²) in [7, 11) is 1.25. The van der Waals surface area contributed by atoms with E-state index in [1.54, 1.807) is 12.1 Å². The van der Waals surface area contributed by atoms with Gasteiger partial charge in [-0.25, -0.2) is 13.1 Å². The van der Waals surface area contributed by atoms with Crippen LogP contribution in [0.5, 0.6) is 11.5 Å². The van der Waals surface area contributed by atoms with E-state index < -0.39 is 10.0 Å². The third-order valence-corrected chi connectivity index (χ3v) is 7.00. The van der Waals surface area contributed by atoms with E-state index in [0.29, 0.717) is 12.3 Å². The van der Waals surface area contributed by atoms with E-state index in [1.807, 2.05) is 19.3 Å². The van der Waals surface area contributed by atoms with Crippen molar-refractivity contribution in [3.63, 3.8) is 0 Å². The van der Waals surface area contributed by atoms with Crippen LogP contribution in [0.2, 0.25) is 0 Å². The number of likely N-dealkylation sites (tertiary alicyclic amines) is 1. The molecule has 1 fully saturated rings. The molecule has 1 N–H and O–H groups in total. The van der Waals surface area contributed by atoms with Gasteiger partial charge < -0.3 is 14.0 Å². The van der Waals surface area contributed by atoms with Crippen molar-refractivity contribution in [3.05, 3.63) is 42.2 Å². The Morgan fingerprint density at radius 1 is 1.07 bits per heavy atom. The Labute approximate surface area is 173 Å². The fourth-order valence-corrected chi connectivity index (χ4v) is 5.10. The lowest BCUT2D eigenvalue weighted by Crippen LogP contribution is -2.39. The molecule has 1 aromatic heterocycles. The number of hydrogen-bond donors (Lipinski definition) is 1. The van der Waals surface area contributed by atoms with Gasteiger partial charge in [-0.3, -0.25) is 4.90 Å². The smallest absolute Gasteiger partial charge is 0.244 e. The van der Waals surface area contributed by atoms with Gasteiger partial charge in [-0.05, 0) is 50.2 Å². The highest BCUT2D eigenvalue weighted by atomic mass is 32.2. The zero-order valence-electron chi connectivity index (χ0n) is 17.4. The lowest BCUT2D eigenvalue weighted by molar-refractivity contribution is 0.199. The Kier molecular flexibility index (Phi) is 7.21. The lowest BCUT2D eigenvalue weighted by atomic mass is 10.1. The summed E-state index contributed by atoms with van der Waals surface area (Å²) in [5.41, 5.74) is 1.11. The zero-order valence-corrected chi connectivity index (χ0v) is 18.2. The monoisotopic (exact) mass is 421 g/mol. The van der Waals surface area contributed by atoms with E-state index in [4.69, 9.17) is 9.47 Å². The molecular formula is C21H31N3O4S. The Balaban J connectivity index is 1.84. The molecule has 3 rings (SSSR count). The predicted octanol–water partition coefficient (Wildman–Crippen LogP) is 2.94. The summed E-state index contributed by atoms with van der Waals surface area (Å²) >= 11 is 0. The van der Waals surface area contributed by atoms with E-state index >= 15 is 0 Å². The quantitative estimate of drug-likeness (QED) is 0.710. The van der Waals surface area contributed by atoms with E-state index in [9.17, 15) is 8.42 Å². The van der Waals surface area contributed by atoms with E-state index in [0.717, 1.165) is 31.6 Å². The minimum atomic E-state index is -3.74. The van der Waals surface area contributed by atoms with Crippen LogP contribution in [0.4, 0.5) is 0 Å². The number of rotatable bonds is 8. The van der Waals surface area contributed by atoms with Crippen LogP contribution in [0.3, 0.4) is 0 Å². The fourth-order valence-electron chi connectivity index (χ4n) is 3.91. The minimum Gasteiger partial charge on any atom is -0.497 e. The Morgan fingerprint density at radius 2 is 1.79 bits per heavy atom. The molecule has 1 saturated heterocycles. The van der Waals surface area contributed by atoms with E-state index in [-0.39, 0.29) is 16.7 Å². The van der Waals surface area contributed by atoms with Crippen LogP contribution in [0.15, 0.2) is 41.4 Å².